The zero-order chi connectivity index (χ0) is 16.5. The van der Waals surface area contributed by atoms with Gasteiger partial charge < -0.3 is 10.2 Å². The maximum absolute atomic E-state index is 12.1. The van der Waals surface area contributed by atoms with Gasteiger partial charge in [-0.1, -0.05) is 0 Å². The topological polar surface area (TPSA) is 95.8 Å². The van der Waals surface area contributed by atoms with Gasteiger partial charge in [0.25, 0.3) is 5.69 Å². The Kier molecular flexibility index (Phi) is 4.69. The van der Waals surface area contributed by atoms with E-state index in [1.165, 1.54) is 26.2 Å². The Bertz CT molecular complexity index is 675. The van der Waals surface area contributed by atoms with Gasteiger partial charge in [0.15, 0.2) is 0 Å². The van der Waals surface area contributed by atoms with E-state index in [0.29, 0.717) is 18.8 Å². The number of nitro groups is 1. The molecule has 0 radical (unpaired) electrons. The van der Waals surface area contributed by atoms with Gasteiger partial charge in [-0.25, -0.2) is 12.7 Å². The van der Waals surface area contributed by atoms with Gasteiger partial charge in [0.1, 0.15) is 5.69 Å². The van der Waals surface area contributed by atoms with Crippen LogP contribution in [-0.4, -0.2) is 57.4 Å². The van der Waals surface area contributed by atoms with Gasteiger partial charge in [-0.2, -0.15) is 0 Å². The molecule has 1 saturated heterocycles. The number of sulfonamides is 1. The molecule has 2 rings (SSSR count). The molecule has 1 N–H and O–H groups in total. The molecule has 1 aromatic carbocycles. The van der Waals surface area contributed by atoms with Gasteiger partial charge in [-0.15, -0.1) is 0 Å². The number of piperazine rings is 1. The molecule has 1 atom stereocenters. The quantitative estimate of drug-likeness (QED) is 0.644. The third kappa shape index (κ3) is 3.21. The Morgan fingerprint density at radius 1 is 1.41 bits per heavy atom. The summed E-state index contributed by atoms with van der Waals surface area (Å²) in [5.41, 5.74) is 0.271. The lowest BCUT2D eigenvalue weighted by atomic mass is 10.2. The molecule has 8 nitrogen and oxygen atoms in total. The number of hydrogen-bond acceptors (Lipinski definition) is 6. The minimum Gasteiger partial charge on any atom is -0.363 e. The van der Waals surface area contributed by atoms with E-state index < -0.39 is 14.9 Å². The van der Waals surface area contributed by atoms with Crippen LogP contribution in [0.25, 0.3) is 0 Å². The second-order valence-corrected chi connectivity index (χ2v) is 7.65. The average molecular weight is 328 g/mol. The summed E-state index contributed by atoms with van der Waals surface area (Å²) in [4.78, 5) is 12.7. The van der Waals surface area contributed by atoms with Crippen LogP contribution in [0.2, 0.25) is 0 Å². The number of rotatable bonds is 4. The standard InChI is InChI=1S/C13H20N4O4S/c1-10-9-16(7-6-14-10)12-5-4-11(8-13(12)17(18)19)22(20,21)15(2)3/h4-5,8,10,14H,6-7,9H2,1-3H3/t10-/m1/s1. The second-order valence-electron chi connectivity index (χ2n) is 5.50. The molecule has 0 unspecified atom stereocenters. The van der Waals surface area contributed by atoms with Crippen LogP contribution >= 0.6 is 0 Å². The van der Waals surface area contributed by atoms with Crippen LogP contribution in [0.1, 0.15) is 6.92 Å². The molecule has 0 aliphatic carbocycles. The number of nitrogens with zero attached hydrogens (tertiary/aromatic N) is 3. The fraction of sp³-hybridized carbons (Fsp3) is 0.538. The molecule has 22 heavy (non-hydrogen) atoms. The highest BCUT2D eigenvalue weighted by atomic mass is 32.2. The van der Waals surface area contributed by atoms with Crippen molar-refractivity contribution >= 4 is 21.4 Å². The lowest BCUT2D eigenvalue weighted by Gasteiger charge is -2.33. The average Bonchev–Trinajstić information content (AvgIpc) is 2.46. The Hall–Kier alpha value is -1.71. The monoisotopic (exact) mass is 328 g/mol. The highest BCUT2D eigenvalue weighted by Crippen LogP contribution is 2.32. The zero-order valence-corrected chi connectivity index (χ0v) is 13.6. The third-order valence-electron chi connectivity index (χ3n) is 3.63. The Morgan fingerprint density at radius 3 is 2.64 bits per heavy atom. The Morgan fingerprint density at radius 2 is 2.09 bits per heavy atom. The molecule has 1 aliphatic heterocycles. The molecule has 0 amide bonds. The van der Waals surface area contributed by atoms with Crippen molar-refractivity contribution in [2.75, 3.05) is 38.6 Å². The summed E-state index contributed by atoms with van der Waals surface area (Å²) < 4.78 is 25.3. The van der Waals surface area contributed by atoms with E-state index in [2.05, 4.69) is 5.32 Å². The summed E-state index contributed by atoms with van der Waals surface area (Å²) in [6, 6.07) is 4.30. The van der Waals surface area contributed by atoms with Gasteiger partial charge >= 0.3 is 0 Å². The molecule has 9 heteroatoms. The van der Waals surface area contributed by atoms with Gasteiger partial charge in [0, 0.05) is 45.8 Å². The SMILES string of the molecule is C[C@@H]1CN(c2ccc(S(=O)(=O)N(C)C)cc2[N+](=O)[O-])CCN1. The van der Waals surface area contributed by atoms with E-state index in [9.17, 15) is 18.5 Å². The smallest absolute Gasteiger partial charge is 0.293 e. The van der Waals surface area contributed by atoms with Crippen LogP contribution in [0.4, 0.5) is 11.4 Å². The van der Waals surface area contributed by atoms with Gasteiger partial charge in [-0.3, -0.25) is 10.1 Å². The normalized spacial score (nSPS) is 19.5. The van der Waals surface area contributed by atoms with Crippen molar-refractivity contribution in [1.29, 1.82) is 0 Å². The molecular formula is C13H20N4O4S. The summed E-state index contributed by atoms with van der Waals surface area (Å²) in [6.07, 6.45) is 0. The maximum atomic E-state index is 12.1. The van der Waals surface area contributed by atoms with E-state index in [-0.39, 0.29) is 16.6 Å². The number of nitrogens with one attached hydrogen (secondary N) is 1. The number of nitro benzene ring substituents is 1. The van der Waals surface area contributed by atoms with E-state index in [1.807, 2.05) is 11.8 Å². The maximum Gasteiger partial charge on any atom is 0.293 e. The van der Waals surface area contributed by atoms with E-state index in [1.54, 1.807) is 0 Å². The number of hydrogen-bond donors (Lipinski definition) is 1. The van der Waals surface area contributed by atoms with Crippen LogP contribution in [0, 0.1) is 10.1 Å². The highest BCUT2D eigenvalue weighted by molar-refractivity contribution is 7.89. The highest BCUT2D eigenvalue weighted by Gasteiger charge is 2.27. The first-order chi connectivity index (χ1) is 10.2. The second kappa shape index (κ2) is 6.19. The molecule has 0 spiro atoms. The van der Waals surface area contributed by atoms with Gasteiger partial charge in [0.2, 0.25) is 10.0 Å². The number of anilines is 1. The lowest BCUT2D eigenvalue weighted by Crippen LogP contribution is -2.49. The van der Waals surface area contributed by atoms with Crippen molar-refractivity contribution in [1.82, 2.24) is 9.62 Å². The Labute approximate surface area is 129 Å². The summed E-state index contributed by atoms with van der Waals surface area (Å²) in [6.45, 7) is 4.02. The third-order valence-corrected chi connectivity index (χ3v) is 5.44. The summed E-state index contributed by atoms with van der Waals surface area (Å²) in [5.74, 6) is 0. The van der Waals surface area contributed by atoms with Gasteiger partial charge in [-0.05, 0) is 19.1 Å². The first kappa shape index (κ1) is 16.7. The zero-order valence-electron chi connectivity index (χ0n) is 12.8. The fourth-order valence-corrected chi connectivity index (χ4v) is 3.36. The van der Waals surface area contributed by atoms with Crippen LogP contribution in [0.15, 0.2) is 23.1 Å². The van der Waals surface area contributed by atoms with Crippen molar-refractivity contribution in [2.45, 2.75) is 17.9 Å². The molecule has 0 bridgehead atoms. The minimum atomic E-state index is -3.69. The first-order valence-corrected chi connectivity index (χ1v) is 8.37. The van der Waals surface area contributed by atoms with Crippen LogP contribution in [0.3, 0.4) is 0 Å². The predicted octanol–water partition coefficient (Wildman–Crippen LogP) is 0.643. The van der Waals surface area contributed by atoms with E-state index in [4.69, 9.17) is 0 Å². The van der Waals surface area contributed by atoms with E-state index in [0.717, 1.165) is 16.9 Å². The summed E-state index contributed by atoms with van der Waals surface area (Å²) in [5, 5.41) is 14.6. The van der Waals surface area contributed by atoms with Crippen molar-refractivity contribution in [3.8, 4) is 0 Å². The fourth-order valence-electron chi connectivity index (χ4n) is 2.44. The molecule has 0 saturated carbocycles. The minimum absolute atomic E-state index is 0.0730. The largest absolute Gasteiger partial charge is 0.363 e. The van der Waals surface area contributed by atoms with Crippen molar-refractivity contribution in [3.63, 3.8) is 0 Å². The van der Waals surface area contributed by atoms with E-state index >= 15 is 0 Å². The molecule has 1 aromatic rings. The Balaban J connectivity index is 2.47. The van der Waals surface area contributed by atoms with Gasteiger partial charge in [0.05, 0.1) is 9.82 Å². The molecule has 1 aliphatic rings. The summed E-state index contributed by atoms with van der Waals surface area (Å²) in [7, 11) is -0.901. The van der Waals surface area contributed by atoms with Crippen LogP contribution in [0.5, 0.6) is 0 Å². The van der Waals surface area contributed by atoms with Crippen LogP contribution in [-0.2, 0) is 10.0 Å². The van der Waals surface area contributed by atoms with Crippen molar-refractivity contribution in [3.05, 3.63) is 28.3 Å². The molecular weight excluding hydrogens is 308 g/mol. The molecule has 122 valence electrons. The molecule has 0 aromatic heterocycles. The first-order valence-electron chi connectivity index (χ1n) is 6.93. The summed E-state index contributed by atoms with van der Waals surface area (Å²) >= 11 is 0. The molecule has 1 fully saturated rings. The lowest BCUT2D eigenvalue weighted by molar-refractivity contribution is -0.384. The van der Waals surface area contributed by atoms with Crippen molar-refractivity contribution < 1.29 is 13.3 Å². The predicted molar refractivity (Wildman–Crippen MR) is 83.6 cm³/mol. The van der Waals surface area contributed by atoms with Crippen molar-refractivity contribution in [2.24, 2.45) is 0 Å². The molecule has 1 heterocycles. The van der Waals surface area contributed by atoms with Crippen LogP contribution < -0.4 is 10.2 Å². The number of benzene rings is 1.